The molecule has 0 bridgehead atoms. The lowest BCUT2D eigenvalue weighted by atomic mass is 10.1. The zero-order valence-corrected chi connectivity index (χ0v) is 13.5. The van der Waals surface area contributed by atoms with Crippen LogP contribution in [0, 0.1) is 0 Å². The van der Waals surface area contributed by atoms with Crippen molar-refractivity contribution in [3.8, 4) is 0 Å². The topological polar surface area (TPSA) is 45.2 Å². The number of anilines is 2. The third-order valence-electron chi connectivity index (χ3n) is 4.12. The van der Waals surface area contributed by atoms with E-state index < -0.39 is 11.7 Å². The van der Waals surface area contributed by atoms with Crippen LogP contribution in [-0.2, 0) is 6.18 Å². The number of nitrogens with one attached hydrogen (secondary N) is 1. The van der Waals surface area contributed by atoms with E-state index in [1.165, 1.54) is 18.3 Å². The van der Waals surface area contributed by atoms with Crippen molar-refractivity contribution in [3.63, 3.8) is 0 Å². The Balaban J connectivity index is 1.69. The standard InChI is InChI=1S/C18H18F3N3O/c19-18(20,21)14-5-4-6-15(11-14)23-16-8-7-13(12-22-16)17(25)24-9-2-1-3-10-24/h4-8,11-12H,1-3,9-10H2,(H,22,23). The second kappa shape index (κ2) is 7.13. The Labute approximate surface area is 143 Å². The van der Waals surface area contributed by atoms with Gasteiger partial charge in [0.2, 0.25) is 0 Å². The minimum atomic E-state index is -4.39. The predicted octanol–water partition coefficient (Wildman–Crippen LogP) is 4.47. The third-order valence-corrected chi connectivity index (χ3v) is 4.12. The summed E-state index contributed by atoms with van der Waals surface area (Å²) in [5.41, 5.74) is 0.0447. The van der Waals surface area contributed by atoms with E-state index in [4.69, 9.17) is 0 Å². The maximum atomic E-state index is 12.7. The Bertz CT molecular complexity index is 738. The van der Waals surface area contributed by atoms with Gasteiger partial charge in [-0.25, -0.2) is 4.98 Å². The minimum absolute atomic E-state index is 0.0576. The molecule has 3 rings (SSSR count). The lowest BCUT2D eigenvalue weighted by Gasteiger charge is -2.26. The molecule has 132 valence electrons. The van der Waals surface area contributed by atoms with Crippen molar-refractivity contribution >= 4 is 17.4 Å². The molecule has 2 aromatic rings. The first kappa shape index (κ1) is 17.3. The van der Waals surface area contributed by atoms with Crippen LogP contribution < -0.4 is 5.32 Å². The molecule has 1 aliphatic rings. The molecule has 0 aliphatic carbocycles. The molecule has 0 saturated carbocycles. The summed E-state index contributed by atoms with van der Waals surface area (Å²) in [5.74, 6) is 0.326. The van der Waals surface area contributed by atoms with Crippen molar-refractivity contribution in [2.24, 2.45) is 0 Å². The number of aromatic nitrogens is 1. The molecular weight excluding hydrogens is 331 g/mol. The van der Waals surface area contributed by atoms with Gasteiger partial charge in [0.05, 0.1) is 11.1 Å². The molecule has 1 aliphatic heterocycles. The van der Waals surface area contributed by atoms with E-state index in [2.05, 4.69) is 10.3 Å². The van der Waals surface area contributed by atoms with Crippen LogP contribution in [-0.4, -0.2) is 28.9 Å². The lowest BCUT2D eigenvalue weighted by Crippen LogP contribution is -2.35. The summed E-state index contributed by atoms with van der Waals surface area (Å²) in [6.45, 7) is 1.51. The molecule has 2 heterocycles. The first-order valence-corrected chi connectivity index (χ1v) is 8.13. The number of carbonyl (C=O) groups is 1. The van der Waals surface area contributed by atoms with E-state index in [-0.39, 0.29) is 11.6 Å². The third kappa shape index (κ3) is 4.29. The number of halogens is 3. The molecule has 1 fully saturated rings. The van der Waals surface area contributed by atoms with Gasteiger partial charge in [0.15, 0.2) is 0 Å². The van der Waals surface area contributed by atoms with Crippen LogP contribution >= 0.6 is 0 Å². The first-order chi connectivity index (χ1) is 11.9. The molecule has 1 amide bonds. The Morgan fingerprint density at radius 1 is 1.08 bits per heavy atom. The molecule has 25 heavy (non-hydrogen) atoms. The van der Waals surface area contributed by atoms with Crippen molar-refractivity contribution < 1.29 is 18.0 Å². The summed E-state index contributed by atoms with van der Waals surface area (Å²) in [7, 11) is 0. The molecule has 1 aromatic heterocycles. The Kier molecular flexibility index (Phi) is 4.92. The molecule has 0 unspecified atom stereocenters. The van der Waals surface area contributed by atoms with Crippen LogP contribution in [0.4, 0.5) is 24.7 Å². The fourth-order valence-electron chi connectivity index (χ4n) is 2.80. The molecule has 0 spiro atoms. The average molecular weight is 349 g/mol. The quantitative estimate of drug-likeness (QED) is 0.889. The molecule has 0 radical (unpaired) electrons. The van der Waals surface area contributed by atoms with E-state index in [9.17, 15) is 18.0 Å². The Hall–Kier alpha value is -2.57. The zero-order chi connectivity index (χ0) is 17.9. The SMILES string of the molecule is O=C(c1ccc(Nc2cccc(C(F)(F)F)c2)nc1)N1CCCCC1. The summed E-state index contributed by atoms with van der Waals surface area (Å²) in [6.07, 6.45) is 0.216. The molecule has 7 heteroatoms. The fourth-order valence-corrected chi connectivity index (χ4v) is 2.80. The smallest absolute Gasteiger partial charge is 0.340 e. The Morgan fingerprint density at radius 3 is 2.48 bits per heavy atom. The van der Waals surface area contributed by atoms with Crippen molar-refractivity contribution in [1.82, 2.24) is 9.88 Å². The molecular formula is C18H18F3N3O. The van der Waals surface area contributed by atoms with Crippen LogP contribution in [0.15, 0.2) is 42.6 Å². The van der Waals surface area contributed by atoms with Crippen LogP contribution in [0.25, 0.3) is 0 Å². The van der Waals surface area contributed by atoms with E-state index in [1.54, 1.807) is 17.0 Å². The van der Waals surface area contributed by atoms with Gasteiger partial charge in [0.25, 0.3) is 5.91 Å². The number of likely N-dealkylation sites (tertiary alicyclic amines) is 1. The lowest BCUT2D eigenvalue weighted by molar-refractivity contribution is -0.137. The number of hydrogen-bond donors (Lipinski definition) is 1. The van der Waals surface area contributed by atoms with Gasteiger partial charge in [-0.3, -0.25) is 4.79 Å². The second-order valence-corrected chi connectivity index (χ2v) is 5.99. The van der Waals surface area contributed by atoms with Gasteiger partial charge in [0.1, 0.15) is 5.82 Å². The highest BCUT2D eigenvalue weighted by Crippen LogP contribution is 2.31. The summed E-state index contributed by atoms with van der Waals surface area (Å²) >= 11 is 0. The number of piperidine rings is 1. The van der Waals surface area contributed by atoms with E-state index >= 15 is 0 Å². The van der Waals surface area contributed by atoms with Gasteiger partial charge >= 0.3 is 6.18 Å². The maximum Gasteiger partial charge on any atom is 0.416 e. The number of benzene rings is 1. The number of rotatable bonds is 3. The monoisotopic (exact) mass is 349 g/mol. The predicted molar refractivity (Wildman–Crippen MR) is 88.7 cm³/mol. The van der Waals surface area contributed by atoms with E-state index in [0.29, 0.717) is 11.4 Å². The molecule has 0 atom stereocenters. The van der Waals surface area contributed by atoms with Gasteiger partial charge in [-0.2, -0.15) is 13.2 Å². The van der Waals surface area contributed by atoms with Gasteiger partial charge in [0, 0.05) is 25.0 Å². The van der Waals surface area contributed by atoms with Crippen LogP contribution in [0.3, 0.4) is 0 Å². The first-order valence-electron chi connectivity index (χ1n) is 8.13. The van der Waals surface area contributed by atoms with Gasteiger partial charge < -0.3 is 10.2 Å². The highest BCUT2D eigenvalue weighted by atomic mass is 19.4. The van der Waals surface area contributed by atoms with E-state index in [0.717, 1.165) is 44.5 Å². The van der Waals surface area contributed by atoms with Crippen LogP contribution in [0.5, 0.6) is 0 Å². The largest absolute Gasteiger partial charge is 0.416 e. The van der Waals surface area contributed by atoms with Gasteiger partial charge in [-0.15, -0.1) is 0 Å². The summed E-state index contributed by atoms with van der Waals surface area (Å²) in [5, 5.41) is 2.83. The number of pyridine rings is 1. The molecule has 1 saturated heterocycles. The highest BCUT2D eigenvalue weighted by molar-refractivity contribution is 5.94. The minimum Gasteiger partial charge on any atom is -0.340 e. The fraction of sp³-hybridized carbons (Fsp3) is 0.333. The number of alkyl halides is 3. The van der Waals surface area contributed by atoms with Crippen molar-refractivity contribution in [2.45, 2.75) is 25.4 Å². The van der Waals surface area contributed by atoms with E-state index in [1.807, 2.05) is 0 Å². The van der Waals surface area contributed by atoms with Crippen molar-refractivity contribution in [2.75, 3.05) is 18.4 Å². The van der Waals surface area contributed by atoms with Crippen molar-refractivity contribution in [3.05, 3.63) is 53.7 Å². The normalized spacial score (nSPS) is 15.1. The Morgan fingerprint density at radius 2 is 1.84 bits per heavy atom. The van der Waals surface area contributed by atoms with Crippen molar-refractivity contribution in [1.29, 1.82) is 0 Å². The summed E-state index contributed by atoms with van der Waals surface area (Å²) in [6, 6.07) is 8.13. The summed E-state index contributed by atoms with van der Waals surface area (Å²) < 4.78 is 38.2. The molecule has 4 nitrogen and oxygen atoms in total. The van der Waals surface area contributed by atoms with Gasteiger partial charge in [-0.1, -0.05) is 6.07 Å². The number of amides is 1. The molecule has 1 N–H and O–H groups in total. The van der Waals surface area contributed by atoms with Gasteiger partial charge in [-0.05, 0) is 49.6 Å². The maximum absolute atomic E-state index is 12.7. The van der Waals surface area contributed by atoms with Crippen LogP contribution in [0.2, 0.25) is 0 Å². The molecule has 1 aromatic carbocycles. The summed E-state index contributed by atoms with van der Waals surface area (Å²) in [4.78, 5) is 18.3. The highest BCUT2D eigenvalue weighted by Gasteiger charge is 2.30. The number of carbonyl (C=O) groups excluding carboxylic acids is 1. The second-order valence-electron chi connectivity index (χ2n) is 5.99. The number of hydrogen-bond acceptors (Lipinski definition) is 3. The van der Waals surface area contributed by atoms with Crippen LogP contribution in [0.1, 0.15) is 35.2 Å². The number of nitrogens with zero attached hydrogens (tertiary/aromatic N) is 2. The zero-order valence-electron chi connectivity index (χ0n) is 13.5. The average Bonchev–Trinajstić information content (AvgIpc) is 2.62.